The first kappa shape index (κ1) is 26.6. The van der Waals surface area contributed by atoms with E-state index in [1.54, 1.807) is 12.1 Å². The van der Waals surface area contributed by atoms with Crippen LogP contribution >= 0.6 is 0 Å². The van der Waals surface area contributed by atoms with Crippen molar-refractivity contribution in [1.82, 2.24) is 0 Å². The fourth-order valence-corrected chi connectivity index (χ4v) is 3.78. The van der Waals surface area contributed by atoms with E-state index in [9.17, 15) is 9.59 Å². The van der Waals surface area contributed by atoms with Crippen LogP contribution in [0.25, 0.3) is 0 Å². The molecule has 3 rings (SSSR count). The van der Waals surface area contributed by atoms with Crippen LogP contribution in [0.2, 0.25) is 0 Å². The fourth-order valence-electron chi connectivity index (χ4n) is 3.78. The molecule has 7 heteroatoms. The van der Waals surface area contributed by atoms with E-state index in [-0.39, 0.29) is 19.6 Å². The number of hydrogen-bond acceptors (Lipinski definition) is 7. The van der Waals surface area contributed by atoms with Crippen LogP contribution in [0.1, 0.15) is 16.7 Å². The van der Waals surface area contributed by atoms with Gasteiger partial charge in [0.05, 0.1) is 34.5 Å². The first-order valence-electron chi connectivity index (χ1n) is 11.8. The average molecular weight is 493 g/mol. The van der Waals surface area contributed by atoms with Gasteiger partial charge >= 0.3 is 11.9 Å². The van der Waals surface area contributed by atoms with Gasteiger partial charge in [0.1, 0.15) is 17.2 Å². The van der Waals surface area contributed by atoms with Gasteiger partial charge in [-0.15, -0.1) is 0 Å². The van der Waals surface area contributed by atoms with E-state index < -0.39 is 17.9 Å². The standard InChI is InChI=1S/C29H32O7/c1-32-23-18-26(33-2)24(27(19-23)34-3)20-25(28(30)35-16-14-21-10-6-4-7-11-21)29(31)36-17-15-22-12-8-5-9-13-22/h4-13,18-19,25H,14-17,20H2,1-3H3. The quantitative estimate of drug-likeness (QED) is 0.258. The van der Waals surface area contributed by atoms with Crippen molar-refractivity contribution >= 4 is 11.9 Å². The summed E-state index contributed by atoms with van der Waals surface area (Å²) >= 11 is 0. The Morgan fingerprint density at radius 2 is 1.11 bits per heavy atom. The van der Waals surface area contributed by atoms with E-state index in [2.05, 4.69) is 0 Å². The first-order valence-corrected chi connectivity index (χ1v) is 11.8. The van der Waals surface area contributed by atoms with Crippen molar-refractivity contribution in [3.05, 3.63) is 89.5 Å². The minimum absolute atomic E-state index is 0.00924. The number of carbonyl (C=O) groups is 2. The summed E-state index contributed by atoms with van der Waals surface area (Å²) in [6.45, 7) is 0.293. The third kappa shape index (κ3) is 7.50. The Labute approximate surface area is 211 Å². The topological polar surface area (TPSA) is 80.3 Å². The van der Waals surface area contributed by atoms with E-state index in [1.807, 2.05) is 60.7 Å². The summed E-state index contributed by atoms with van der Waals surface area (Å²) in [5.74, 6) is -1.10. The summed E-state index contributed by atoms with van der Waals surface area (Å²) in [5.41, 5.74) is 2.61. The summed E-state index contributed by atoms with van der Waals surface area (Å²) in [4.78, 5) is 26.2. The van der Waals surface area contributed by atoms with Crippen molar-refractivity contribution in [3.63, 3.8) is 0 Å². The molecule has 0 saturated heterocycles. The number of benzene rings is 3. The van der Waals surface area contributed by atoms with Gasteiger partial charge < -0.3 is 23.7 Å². The molecule has 0 aliphatic carbocycles. The number of rotatable bonds is 13. The molecule has 0 spiro atoms. The molecule has 0 aliphatic heterocycles. The minimum atomic E-state index is -1.19. The molecule has 7 nitrogen and oxygen atoms in total. The van der Waals surface area contributed by atoms with E-state index in [0.717, 1.165) is 11.1 Å². The zero-order valence-corrected chi connectivity index (χ0v) is 20.9. The highest BCUT2D eigenvalue weighted by Crippen LogP contribution is 2.36. The van der Waals surface area contributed by atoms with Gasteiger partial charge in [0.2, 0.25) is 0 Å². The first-order chi connectivity index (χ1) is 17.5. The SMILES string of the molecule is COc1cc(OC)c(CC(C(=O)OCCc2ccccc2)C(=O)OCCc2ccccc2)c(OC)c1. The van der Waals surface area contributed by atoms with Gasteiger partial charge in [0.25, 0.3) is 0 Å². The lowest BCUT2D eigenvalue weighted by Gasteiger charge is -2.19. The van der Waals surface area contributed by atoms with Crippen LogP contribution in [0, 0.1) is 5.92 Å². The largest absolute Gasteiger partial charge is 0.496 e. The molecule has 0 N–H and O–H groups in total. The molecule has 0 atom stereocenters. The van der Waals surface area contributed by atoms with E-state index in [4.69, 9.17) is 23.7 Å². The second-order valence-corrected chi connectivity index (χ2v) is 8.07. The normalized spacial score (nSPS) is 10.6. The molecule has 3 aromatic rings. The van der Waals surface area contributed by atoms with Crippen LogP contribution in [0.5, 0.6) is 17.2 Å². The molecule has 0 saturated carbocycles. The van der Waals surface area contributed by atoms with Gasteiger partial charge in [-0.05, 0) is 11.1 Å². The predicted molar refractivity (Wildman–Crippen MR) is 136 cm³/mol. The highest BCUT2D eigenvalue weighted by Gasteiger charge is 2.33. The van der Waals surface area contributed by atoms with Crippen molar-refractivity contribution < 1.29 is 33.3 Å². The molecule has 0 bridgehead atoms. The number of ether oxygens (including phenoxy) is 5. The third-order valence-corrected chi connectivity index (χ3v) is 5.75. The maximum Gasteiger partial charge on any atom is 0.320 e. The lowest BCUT2D eigenvalue weighted by Crippen LogP contribution is -2.31. The molecular formula is C29H32O7. The number of carbonyl (C=O) groups excluding carboxylic acids is 2. The van der Waals surface area contributed by atoms with Gasteiger partial charge in [0.15, 0.2) is 5.92 Å². The molecule has 3 aromatic carbocycles. The van der Waals surface area contributed by atoms with E-state index in [1.165, 1.54) is 21.3 Å². The summed E-state index contributed by atoms with van der Waals surface area (Å²) in [5, 5.41) is 0. The molecule has 190 valence electrons. The van der Waals surface area contributed by atoms with Crippen LogP contribution in [-0.2, 0) is 38.3 Å². The molecule has 0 aliphatic rings. The van der Waals surface area contributed by atoms with Crippen molar-refractivity contribution in [3.8, 4) is 17.2 Å². The van der Waals surface area contributed by atoms with Crippen LogP contribution in [-0.4, -0.2) is 46.5 Å². The molecular weight excluding hydrogens is 460 g/mol. The predicted octanol–water partition coefficient (Wildman–Crippen LogP) is 4.44. The van der Waals surface area contributed by atoms with Crippen LogP contribution < -0.4 is 14.2 Å². The molecule has 0 amide bonds. The number of methoxy groups -OCH3 is 3. The molecule has 0 heterocycles. The van der Waals surface area contributed by atoms with Crippen LogP contribution in [0.3, 0.4) is 0 Å². The Hall–Kier alpha value is -4.00. The zero-order chi connectivity index (χ0) is 25.8. The maximum atomic E-state index is 13.1. The van der Waals surface area contributed by atoms with E-state index in [0.29, 0.717) is 35.7 Å². The van der Waals surface area contributed by atoms with Crippen molar-refractivity contribution in [2.24, 2.45) is 5.92 Å². The second kappa shape index (κ2) is 13.8. The average Bonchev–Trinajstić information content (AvgIpc) is 2.92. The second-order valence-electron chi connectivity index (χ2n) is 8.07. The Kier molecular flexibility index (Phi) is 10.2. The summed E-state index contributed by atoms with van der Waals surface area (Å²) < 4.78 is 27.3. The van der Waals surface area contributed by atoms with Crippen molar-refractivity contribution in [2.45, 2.75) is 19.3 Å². The third-order valence-electron chi connectivity index (χ3n) is 5.75. The molecule has 36 heavy (non-hydrogen) atoms. The van der Waals surface area contributed by atoms with Crippen LogP contribution in [0.15, 0.2) is 72.8 Å². The molecule has 0 aromatic heterocycles. The van der Waals surface area contributed by atoms with Gasteiger partial charge in [0, 0.05) is 37.0 Å². The Balaban J connectivity index is 1.76. The molecule has 0 radical (unpaired) electrons. The van der Waals surface area contributed by atoms with Crippen molar-refractivity contribution in [1.29, 1.82) is 0 Å². The lowest BCUT2D eigenvalue weighted by atomic mass is 9.97. The molecule has 0 unspecified atom stereocenters. The van der Waals surface area contributed by atoms with Gasteiger partial charge in [-0.1, -0.05) is 60.7 Å². The van der Waals surface area contributed by atoms with Crippen LogP contribution in [0.4, 0.5) is 0 Å². The number of esters is 2. The van der Waals surface area contributed by atoms with E-state index >= 15 is 0 Å². The summed E-state index contributed by atoms with van der Waals surface area (Å²) in [6, 6.07) is 22.7. The van der Waals surface area contributed by atoms with Gasteiger partial charge in [-0.2, -0.15) is 0 Å². The molecule has 0 fully saturated rings. The lowest BCUT2D eigenvalue weighted by molar-refractivity contribution is -0.162. The van der Waals surface area contributed by atoms with Gasteiger partial charge in [-0.3, -0.25) is 9.59 Å². The zero-order valence-electron chi connectivity index (χ0n) is 20.9. The Morgan fingerprint density at radius 3 is 1.50 bits per heavy atom. The smallest absolute Gasteiger partial charge is 0.320 e. The minimum Gasteiger partial charge on any atom is -0.496 e. The highest BCUT2D eigenvalue weighted by molar-refractivity contribution is 5.95. The Bertz CT molecular complexity index is 1030. The monoisotopic (exact) mass is 492 g/mol. The number of hydrogen-bond donors (Lipinski definition) is 0. The Morgan fingerprint density at radius 1 is 0.667 bits per heavy atom. The fraction of sp³-hybridized carbons (Fsp3) is 0.310. The van der Waals surface area contributed by atoms with Crippen molar-refractivity contribution in [2.75, 3.05) is 34.5 Å². The highest BCUT2D eigenvalue weighted by atomic mass is 16.6. The maximum absolute atomic E-state index is 13.1. The van der Waals surface area contributed by atoms with Gasteiger partial charge in [-0.25, -0.2) is 0 Å². The summed E-state index contributed by atoms with van der Waals surface area (Å²) in [7, 11) is 4.54. The summed E-state index contributed by atoms with van der Waals surface area (Å²) in [6.07, 6.45) is 1.07.